The predicted octanol–water partition coefficient (Wildman–Crippen LogP) is 0.736. The highest BCUT2D eigenvalue weighted by molar-refractivity contribution is 5.76. The summed E-state index contributed by atoms with van der Waals surface area (Å²) in [5, 5.41) is 13.6. The number of aromatic nitrogens is 6. The van der Waals surface area contributed by atoms with E-state index >= 15 is 0 Å². The van der Waals surface area contributed by atoms with Crippen LogP contribution in [0.2, 0.25) is 0 Å². The van der Waals surface area contributed by atoms with Crippen LogP contribution in [0.5, 0.6) is 0 Å². The number of carbonyl (C=O) groups is 1. The van der Waals surface area contributed by atoms with Crippen LogP contribution in [0.15, 0.2) is 49.3 Å². The van der Waals surface area contributed by atoms with Gasteiger partial charge in [-0.05, 0) is 35.0 Å². The van der Waals surface area contributed by atoms with Crippen molar-refractivity contribution in [2.45, 2.75) is 19.5 Å². The van der Waals surface area contributed by atoms with Gasteiger partial charge in [-0.15, -0.1) is 5.10 Å². The summed E-state index contributed by atoms with van der Waals surface area (Å²) in [5.41, 5.74) is 2.01. The van der Waals surface area contributed by atoms with Gasteiger partial charge < -0.3 is 9.88 Å². The molecule has 2 heterocycles. The molecular formula is C14H15N7O. The van der Waals surface area contributed by atoms with Gasteiger partial charge in [-0.2, -0.15) is 0 Å². The van der Waals surface area contributed by atoms with Gasteiger partial charge in [-0.1, -0.05) is 12.1 Å². The lowest BCUT2D eigenvalue weighted by molar-refractivity contribution is -0.122. The lowest BCUT2D eigenvalue weighted by atomic mass is 10.1. The Morgan fingerprint density at radius 1 is 1.36 bits per heavy atom. The zero-order valence-electron chi connectivity index (χ0n) is 12.0. The molecule has 0 unspecified atom stereocenters. The second-order valence-corrected chi connectivity index (χ2v) is 4.86. The van der Waals surface area contributed by atoms with Crippen molar-refractivity contribution >= 4 is 5.91 Å². The SMILES string of the molecule is C[C@@H](NC(=O)Cn1cnnn1)c1cccc(-n2ccnc2)c1. The largest absolute Gasteiger partial charge is 0.348 e. The van der Waals surface area contributed by atoms with E-state index < -0.39 is 0 Å². The Labute approximate surface area is 126 Å². The Morgan fingerprint density at radius 2 is 2.27 bits per heavy atom. The highest BCUT2D eigenvalue weighted by atomic mass is 16.2. The molecule has 0 saturated carbocycles. The van der Waals surface area contributed by atoms with Crippen LogP contribution >= 0.6 is 0 Å². The topological polar surface area (TPSA) is 90.5 Å². The maximum absolute atomic E-state index is 12.0. The van der Waals surface area contributed by atoms with E-state index in [0.717, 1.165) is 11.3 Å². The summed E-state index contributed by atoms with van der Waals surface area (Å²) in [5.74, 6) is -0.146. The number of nitrogens with one attached hydrogen (secondary N) is 1. The van der Waals surface area contributed by atoms with Crippen LogP contribution in [0.25, 0.3) is 5.69 Å². The molecule has 0 radical (unpaired) electrons. The molecule has 0 aliphatic rings. The van der Waals surface area contributed by atoms with Crippen LogP contribution in [-0.4, -0.2) is 35.7 Å². The molecule has 8 heteroatoms. The molecule has 1 atom stereocenters. The first-order chi connectivity index (χ1) is 10.7. The first-order valence-electron chi connectivity index (χ1n) is 6.81. The van der Waals surface area contributed by atoms with Crippen LogP contribution in [0.1, 0.15) is 18.5 Å². The number of imidazole rings is 1. The van der Waals surface area contributed by atoms with Crippen molar-refractivity contribution in [2.24, 2.45) is 0 Å². The number of carbonyl (C=O) groups excluding carboxylic acids is 1. The lowest BCUT2D eigenvalue weighted by Gasteiger charge is -2.15. The molecule has 1 aromatic carbocycles. The summed E-state index contributed by atoms with van der Waals surface area (Å²) in [4.78, 5) is 16.0. The van der Waals surface area contributed by atoms with Gasteiger partial charge >= 0.3 is 0 Å². The third-order valence-corrected chi connectivity index (χ3v) is 3.25. The predicted molar refractivity (Wildman–Crippen MR) is 77.9 cm³/mol. The molecule has 1 N–H and O–H groups in total. The van der Waals surface area contributed by atoms with Crippen molar-refractivity contribution in [1.82, 2.24) is 35.1 Å². The van der Waals surface area contributed by atoms with Crippen LogP contribution < -0.4 is 5.32 Å². The molecule has 1 amide bonds. The standard InChI is InChI=1S/C14H15N7O/c1-11(17-14(22)8-21-10-16-18-19-21)12-3-2-4-13(7-12)20-6-5-15-9-20/h2-7,9-11H,8H2,1H3,(H,17,22)/t11-/m1/s1. The second-order valence-electron chi connectivity index (χ2n) is 4.86. The fourth-order valence-corrected chi connectivity index (χ4v) is 2.14. The van der Waals surface area contributed by atoms with Crippen LogP contribution in [0.3, 0.4) is 0 Å². The molecule has 3 rings (SSSR count). The molecule has 3 aromatic rings. The molecule has 0 aliphatic heterocycles. The minimum Gasteiger partial charge on any atom is -0.348 e. The first-order valence-corrected chi connectivity index (χ1v) is 6.81. The Morgan fingerprint density at radius 3 is 3.00 bits per heavy atom. The molecule has 22 heavy (non-hydrogen) atoms. The van der Waals surface area contributed by atoms with Crippen LogP contribution in [0.4, 0.5) is 0 Å². The van der Waals surface area contributed by atoms with E-state index in [1.54, 1.807) is 12.5 Å². The van der Waals surface area contributed by atoms with E-state index in [1.165, 1.54) is 11.0 Å². The summed E-state index contributed by atoms with van der Waals surface area (Å²) in [7, 11) is 0. The fourth-order valence-electron chi connectivity index (χ4n) is 2.14. The highest BCUT2D eigenvalue weighted by Crippen LogP contribution is 2.16. The van der Waals surface area contributed by atoms with Gasteiger partial charge in [0.15, 0.2) is 0 Å². The quantitative estimate of drug-likeness (QED) is 0.750. The zero-order chi connectivity index (χ0) is 15.4. The number of nitrogens with zero attached hydrogens (tertiary/aromatic N) is 6. The minimum absolute atomic E-state index is 0.0958. The van der Waals surface area contributed by atoms with Crippen molar-refractivity contribution in [3.8, 4) is 5.69 Å². The number of hydrogen-bond acceptors (Lipinski definition) is 5. The molecule has 0 bridgehead atoms. The molecule has 0 aliphatic carbocycles. The van der Waals surface area contributed by atoms with Crippen molar-refractivity contribution in [2.75, 3.05) is 0 Å². The van der Waals surface area contributed by atoms with E-state index in [-0.39, 0.29) is 18.5 Å². The average Bonchev–Trinajstić information content (AvgIpc) is 3.20. The lowest BCUT2D eigenvalue weighted by Crippen LogP contribution is -2.30. The van der Waals surface area contributed by atoms with E-state index in [2.05, 4.69) is 25.8 Å². The monoisotopic (exact) mass is 297 g/mol. The highest BCUT2D eigenvalue weighted by Gasteiger charge is 2.11. The van der Waals surface area contributed by atoms with Gasteiger partial charge in [0, 0.05) is 18.1 Å². The summed E-state index contributed by atoms with van der Waals surface area (Å²) in [6.07, 6.45) is 6.74. The molecule has 112 valence electrons. The number of rotatable bonds is 5. The summed E-state index contributed by atoms with van der Waals surface area (Å²) < 4.78 is 3.29. The number of tetrazole rings is 1. The van der Waals surface area contributed by atoms with Crippen molar-refractivity contribution in [3.05, 3.63) is 54.9 Å². The maximum atomic E-state index is 12.0. The second kappa shape index (κ2) is 6.17. The normalized spacial score (nSPS) is 12.0. The molecule has 0 fully saturated rings. The Kier molecular flexibility index (Phi) is 3.90. The van der Waals surface area contributed by atoms with Crippen LogP contribution in [-0.2, 0) is 11.3 Å². The summed E-state index contributed by atoms with van der Waals surface area (Å²) in [6.45, 7) is 2.03. The smallest absolute Gasteiger partial charge is 0.242 e. The molecule has 2 aromatic heterocycles. The summed E-state index contributed by atoms with van der Waals surface area (Å²) >= 11 is 0. The fraction of sp³-hybridized carbons (Fsp3) is 0.214. The third kappa shape index (κ3) is 3.17. The van der Waals surface area contributed by atoms with Gasteiger partial charge in [-0.25, -0.2) is 9.67 Å². The van der Waals surface area contributed by atoms with E-state index in [4.69, 9.17) is 0 Å². The number of benzene rings is 1. The Balaban J connectivity index is 1.68. The number of hydrogen-bond donors (Lipinski definition) is 1. The third-order valence-electron chi connectivity index (χ3n) is 3.25. The maximum Gasteiger partial charge on any atom is 0.242 e. The van der Waals surface area contributed by atoms with Crippen LogP contribution in [0, 0.1) is 0 Å². The van der Waals surface area contributed by atoms with Gasteiger partial charge in [0.05, 0.1) is 12.4 Å². The molecular weight excluding hydrogens is 282 g/mol. The van der Waals surface area contributed by atoms with Crippen molar-refractivity contribution in [1.29, 1.82) is 0 Å². The van der Waals surface area contributed by atoms with E-state index in [9.17, 15) is 4.79 Å². The summed E-state index contributed by atoms with van der Waals surface area (Å²) in [6, 6.07) is 7.81. The Bertz CT molecular complexity index is 736. The van der Waals surface area contributed by atoms with E-state index in [1.807, 2.05) is 42.0 Å². The minimum atomic E-state index is -0.146. The van der Waals surface area contributed by atoms with Gasteiger partial charge in [0.1, 0.15) is 12.9 Å². The first kappa shape index (κ1) is 13.9. The molecule has 0 spiro atoms. The van der Waals surface area contributed by atoms with Gasteiger partial charge in [0.2, 0.25) is 5.91 Å². The molecule has 8 nitrogen and oxygen atoms in total. The average molecular weight is 297 g/mol. The Hall–Kier alpha value is -3.03. The van der Waals surface area contributed by atoms with Crippen molar-refractivity contribution < 1.29 is 4.79 Å². The molecule has 0 saturated heterocycles. The number of amides is 1. The van der Waals surface area contributed by atoms with Crippen molar-refractivity contribution in [3.63, 3.8) is 0 Å². The van der Waals surface area contributed by atoms with Gasteiger partial charge in [0.25, 0.3) is 0 Å². The zero-order valence-corrected chi connectivity index (χ0v) is 12.0. The van der Waals surface area contributed by atoms with E-state index in [0.29, 0.717) is 0 Å². The van der Waals surface area contributed by atoms with Gasteiger partial charge in [-0.3, -0.25) is 4.79 Å².